The van der Waals surface area contributed by atoms with E-state index in [2.05, 4.69) is 13.8 Å². The van der Waals surface area contributed by atoms with Crippen molar-refractivity contribution in [3.63, 3.8) is 0 Å². The van der Waals surface area contributed by atoms with E-state index < -0.39 is 5.25 Å². The lowest BCUT2D eigenvalue weighted by Crippen LogP contribution is -2.25. The van der Waals surface area contributed by atoms with Gasteiger partial charge in [-0.3, -0.25) is 0 Å². The SMILES string of the molecule is CCCCCCOC(O)(Cl)CCCCC. The second kappa shape index (κ2) is 9.44. The molecule has 0 aromatic carbocycles. The quantitative estimate of drug-likeness (QED) is 0.352. The molecule has 0 aliphatic rings. The van der Waals surface area contributed by atoms with Gasteiger partial charge in [0.2, 0.25) is 5.25 Å². The van der Waals surface area contributed by atoms with Gasteiger partial charge in [-0.2, -0.15) is 0 Å². The molecular weight excluding hydrogens is 212 g/mol. The van der Waals surface area contributed by atoms with Crippen LogP contribution in [0.2, 0.25) is 0 Å². The Morgan fingerprint density at radius 1 is 1.00 bits per heavy atom. The van der Waals surface area contributed by atoms with Crippen LogP contribution in [0.25, 0.3) is 0 Å². The number of halogens is 1. The fourth-order valence-corrected chi connectivity index (χ4v) is 1.63. The first-order valence-electron chi connectivity index (χ1n) is 6.17. The third kappa shape index (κ3) is 10.5. The smallest absolute Gasteiger partial charge is 0.245 e. The van der Waals surface area contributed by atoms with Gasteiger partial charge in [0.1, 0.15) is 0 Å². The Morgan fingerprint density at radius 3 is 2.20 bits per heavy atom. The zero-order valence-electron chi connectivity index (χ0n) is 10.1. The van der Waals surface area contributed by atoms with E-state index in [1.807, 2.05) is 0 Å². The standard InChI is InChI=1S/C12H25ClO2/c1-3-5-7-9-11-15-12(13,14)10-8-6-4-2/h14H,3-11H2,1-2H3. The zero-order chi connectivity index (χ0) is 11.6. The molecule has 0 aromatic rings. The van der Waals surface area contributed by atoms with Crippen molar-refractivity contribution in [2.75, 3.05) is 6.61 Å². The molecule has 0 bridgehead atoms. The average molecular weight is 237 g/mol. The van der Waals surface area contributed by atoms with Crippen LogP contribution >= 0.6 is 11.6 Å². The molecule has 0 saturated carbocycles. The minimum atomic E-state index is -1.43. The van der Waals surface area contributed by atoms with E-state index in [0.717, 1.165) is 32.1 Å². The van der Waals surface area contributed by atoms with Crippen LogP contribution in [0.1, 0.15) is 65.2 Å². The number of unbranched alkanes of at least 4 members (excludes halogenated alkanes) is 5. The summed E-state index contributed by atoms with van der Waals surface area (Å²) in [4.78, 5) is 0. The highest BCUT2D eigenvalue weighted by Crippen LogP contribution is 2.21. The van der Waals surface area contributed by atoms with E-state index in [0.29, 0.717) is 13.0 Å². The number of hydrogen-bond acceptors (Lipinski definition) is 2. The van der Waals surface area contributed by atoms with E-state index in [-0.39, 0.29) is 0 Å². The number of hydrogen-bond donors (Lipinski definition) is 1. The molecule has 0 rings (SSSR count). The molecule has 0 saturated heterocycles. The molecule has 0 heterocycles. The van der Waals surface area contributed by atoms with E-state index in [1.54, 1.807) is 0 Å². The Morgan fingerprint density at radius 2 is 1.60 bits per heavy atom. The maximum atomic E-state index is 9.64. The molecule has 1 unspecified atom stereocenters. The van der Waals surface area contributed by atoms with Gasteiger partial charge in [0.15, 0.2) is 0 Å². The van der Waals surface area contributed by atoms with Crippen molar-refractivity contribution in [3.8, 4) is 0 Å². The molecule has 0 spiro atoms. The summed E-state index contributed by atoms with van der Waals surface area (Å²) in [6, 6.07) is 0. The van der Waals surface area contributed by atoms with Crippen molar-refractivity contribution in [1.29, 1.82) is 0 Å². The van der Waals surface area contributed by atoms with Crippen molar-refractivity contribution in [2.45, 2.75) is 70.5 Å². The predicted molar refractivity (Wildman–Crippen MR) is 65.0 cm³/mol. The van der Waals surface area contributed by atoms with Crippen molar-refractivity contribution in [3.05, 3.63) is 0 Å². The predicted octanol–water partition coefficient (Wildman–Crippen LogP) is 4.05. The molecule has 0 radical (unpaired) electrons. The lowest BCUT2D eigenvalue weighted by Gasteiger charge is -2.20. The summed E-state index contributed by atoms with van der Waals surface area (Å²) in [6.45, 7) is 4.86. The van der Waals surface area contributed by atoms with Gasteiger partial charge in [-0.25, -0.2) is 0 Å². The molecule has 0 aliphatic heterocycles. The van der Waals surface area contributed by atoms with Crippen LogP contribution < -0.4 is 0 Å². The van der Waals surface area contributed by atoms with E-state index in [1.165, 1.54) is 12.8 Å². The fourth-order valence-electron chi connectivity index (χ4n) is 1.42. The van der Waals surface area contributed by atoms with Gasteiger partial charge in [0.25, 0.3) is 0 Å². The third-order valence-corrected chi connectivity index (χ3v) is 2.71. The maximum Gasteiger partial charge on any atom is 0.245 e. The van der Waals surface area contributed by atoms with Crippen molar-refractivity contribution >= 4 is 11.6 Å². The molecule has 0 aliphatic carbocycles. The number of alkyl halides is 1. The van der Waals surface area contributed by atoms with E-state index >= 15 is 0 Å². The third-order valence-electron chi connectivity index (χ3n) is 2.41. The Kier molecular flexibility index (Phi) is 9.57. The summed E-state index contributed by atoms with van der Waals surface area (Å²) in [5.41, 5.74) is 0. The number of rotatable bonds is 10. The Hall–Kier alpha value is 0.210. The second-order valence-corrected chi connectivity index (χ2v) is 4.65. The van der Waals surface area contributed by atoms with Gasteiger partial charge in [0.05, 0.1) is 6.61 Å². The second-order valence-electron chi connectivity index (χ2n) is 4.06. The minimum Gasteiger partial charge on any atom is -0.353 e. The van der Waals surface area contributed by atoms with Crippen LogP contribution in [-0.4, -0.2) is 17.0 Å². The Labute approximate surface area is 99.0 Å². The molecule has 3 heteroatoms. The average Bonchev–Trinajstić information content (AvgIpc) is 2.17. The first-order chi connectivity index (χ1) is 7.12. The molecular formula is C12H25ClO2. The van der Waals surface area contributed by atoms with Crippen LogP contribution in [0.5, 0.6) is 0 Å². The van der Waals surface area contributed by atoms with Gasteiger partial charge in [0, 0.05) is 6.42 Å². The summed E-state index contributed by atoms with van der Waals surface area (Å²) in [7, 11) is 0. The topological polar surface area (TPSA) is 29.5 Å². The van der Waals surface area contributed by atoms with E-state index in [9.17, 15) is 5.11 Å². The fraction of sp³-hybridized carbons (Fsp3) is 1.00. The van der Waals surface area contributed by atoms with Crippen LogP contribution in [0, 0.1) is 0 Å². The Bertz CT molecular complexity index is 138. The maximum absolute atomic E-state index is 9.64. The minimum absolute atomic E-state index is 0.524. The normalized spacial score (nSPS) is 15.2. The Balaban J connectivity index is 3.38. The van der Waals surface area contributed by atoms with Gasteiger partial charge in [-0.05, 0) is 12.8 Å². The lowest BCUT2D eigenvalue weighted by atomic mass is 10.2. The zero-order valence-corrected chi connectivity index (χ0v) is 10.9. The summed E-state index contributed by atoms with van der Waals surface area (Å²) < 4.78 is 5.24. The summed E-state index contributed by atoms with van der Waals surface area (Å²) >= 11 is 5.82. The van der Waals surface area contributed by atoms with Crippen molar-refractivity contribution in [2.24, 2.45) is 0 Å². The summed E-state index contributed by atoms with van der Waals surface area (Å²) in [5.74, 6) is 0. The molecule has 0 fully saturated rings. The highest BCUT2D eigenvalue weighted by Gasteiger charge is 2.22. The van der Waals surface area contributed by atoms with Crippen LogP contribution in [-0.2, 0) is 4.74 Å². The first-order valence-corrected chi connectivity index (χ1v) is 6.55. The summed E-state index contributed by atoms with van der Waals surface area (Å²) in [5, 5.41) is 8.21. The first kappa shape index (κ1) is 15.2. The van der Waals surface area contributed by atoms with E-state index in [4.69, 9.17) is 16.3 Å². The molecule has 0 aromatic heterocycles. The largest absolute Gasteiger partial charge is 0.353 e. The van der Waals surface area contributed by atoms with Gasteiger partial charge in [-0.1, -0.05) is 57.6 Å². The van der Waals surface area contributed by atoms with Gasteiger partial charge < -0.3 is 9.84 Å². The summed E-state index contributed by atoms with van der Waals surface area (Å²) in [6.07, 6.45) is 8.23. The molecule has 0 amide bonds. The van der Waals surface area contributed by atoms with Gasteiger partial charge >= 0.3 is 0 Å². The van der Waals surface area contributed by atoms with Crippen LogP contribution in [0.15, 0.2) is 0 Å². The highest BCUT2D eigenvalue weighted by molar-refractivity contribution is 6.21. The number of ether oxygens (including phenoxy) is 1. The van der Waals surface area contributed by atoms with Crippen molar-refractivity contribution in [1.82, 2.24) is 0 Å². The molecule has 15 heavy (non-hydrogen) atoms. The monoisotopic (exact) mass is 236 g/mol. The number of aliphatic hydroxyl groups is 1. The molecule has 1 N–H and O–H groups in total. The van der Waals surface area contributed by atoms with Crippen molar-refractivity contribution < 1.29 is 9.84 Å². The molecule has 92 valence electrons. The van der Waals surface area contributed by atoms with Crippen LogP contribution in [0.3, 0.4) is 0 Å². The van der Waals surface area contributed by atoms with Crippen LogP contribution in [0.4, 0.5) is 0 Å². The molecule has 2 nitrogen and oxygen atoms in total. The lowest BCUT2D eigenvalue weighted by molar-refractivity contribution is -0.143. The van der Waals surface area contributed by atoms with Gasteiger partial charge in [-0.15, -0.1) is 0 Å². The highest BCUT2D eigenvalue weighted by atomic mass is 35.5. The molecule has 1 atom stereocenters.